The molecule has 0 unspecified atom stereocenters. The van der Waals surface area contributed by atoms with E-state index in [1.165, 1.54) is 0 Å². The zero-order valence-electron chi connectivity index (χ0n) is 23.5. The summed E-state index contributed by atoms with van der Waals surface area (Å²) in [5, 5.41) is 3.03. The van der Waals surface area contributed by atoms with Crippen molar-refractivity contribution in [3.8, 4) is 0 Å². The highest BCUT2D eigenvalue weighted by atomic mass is 35.5. The first kappa shape index (κ1) is 30.8. The molecule has 42 heavy (non-hydrogen) atoms. The smallest absolute Gasteiger partial charge is 0.355 e. The topological polar surface area (TPSA) is 98.8 Å². The Labute approximate surface area is 254 Å². The van der Waals surface area contributed by atoms with E-state index < -0.39 is 29.4 Å². The second-order valence-electron chi connectivity index (χ2n) is 9.60. The summed E-state index contributed by atoms with van der Waals surface area (Å²) in [6.45, 7) is 6.94. The monoisotopic (exact) mass is 605 g/mol. The molecule has 1 aliphatic heterocycles. The van der Waals surface area contributed by atoms with Crippen molar-refractivity contribution in [3.63, 3.8) is 0 Å². The van der Waals surface area contributed by atoms with Gasteiger partial charge < -0.3 is 14.8 Å². The number of benzene rings is 3. The van der Waals surface area contributed by atoms with E-state index >= 15 is 0 Å². The third-order valence-electron chi connectivity index (χ3n) is 6.73. The molecule has 1 aliphatic rings. The number of hydrogen-bond donors (Lipinski definition) is 1. The van der Waals surface area contributed by atoms with Gasteiger partial charge in [-0.05, 0) is 39.8 Å². The van der Waals surface area contributed by atoms with Crippen LogP contribution in [0, 0.1) is 13.8 Å². The second-order valence-corrected chi connectivity index (χ2v) is 10.4. The number of halogens is 2. The van der Waals surface area contributed by atoms with Crippen molar-refractivity contribution in [2.24, 2.45) is 0 Å². The molecule has 0 amide bonds. The largest absolute Gasteiger partial charge is 0.461 e. The Morgan fingerprint density at radius 2 is 1.05 bits per heavy atom. The number of nitrogens with one attached hydrogen (secondary N) is 1. The molecule has 0 atom stereocenters. The van der Waals surface area contributed by atoms with Crippen LogP contribution in [0.3, 0.4) is 0 Å². The van der Waals surface area contributed by atoms with Gasteiger partial charge in [-0.1, -0.05) is 88.9 Å². The highest BCUT2D eigenvalue weighted by Gasteiger charge is 2.44. The number of esters is 2. The summed E-state index contributed by atoms with van der Waals surface area (Å²) in [6, 6.07) is 18.2. The summed E-state index contributed by atoms with van der Waals surface area (Å²) >= 11 is 13.4. The van der Waals surface area contributed by atoms with Crippen LogP contribution in [0.15, 0.2) is 89.3 Å². The minimum atomic E-state index is -1.34. The van der Waals surface area contributed by atoms with E-state index in [2.05, 4.69) is 5.32 Å². The second kappa shape index (κ2) is 13.2. The maximum absolute atomic E-state index is 14.3. The first-order valence-corrected chi connectivity index (χ1v) is 14.1. The van der Waals surface area contributed by atoms with Gasteiger partial charge in [0.1, 0.15) is 11.4 Å². The summed E-state index contributed by atoms with van der Waals surface area (Å²) in [5.41, 5.74) is 1.59. The van der Waals surface area contributed by atoms with E-state index in [1.807, 2.05) is 13.8 Å². The fraction of sp³-hybridized carbons (Fsp3) is 0.212. The Kier molecular flexibility index (Phi) is 9.66. The van der Waals surface area contributed by atoms with Gasteiger partial charge in [0.25, 0.3) is 0 Å². The zero-order valence-corrected chi connectivity index (χ0v) is 25.1. The number of ether oxygens (including phenoxy) is 2. The van der Waals surface area contributed by atoms with Crippen molar-refractivity contribution in [2.45, 2.75) is 33.6 Å². The molecule has 0 bridgehead atoms. The predicted octanol–water partition coefficient (Wildman–Crippen LogP) is 6.70. The van der Waals surface area contributed by atoms with Crippen molar-refractivity contribution in [1.82, 2.24) is 5.32 Å². The Hall–Kier alpha value is -4.20. The molecule has 0 spiro atoms. The lowest BCUT2D eigenvalue weighted by molar-refractivity contribution is -0.139. The summed E-state index contributed by atoms with van der Waals surface area (Å²) in [6.07, 6.45) is 0. The van der Waals surface area contributed by atoms with Gasteiger partial charge >= 0.3 is 11.9 Å². The highest BCUT2D eigenvalue weighted by molar-refractivity contribution is 6.37. The first-order chi connectivity index (χ1) is 20.1. The average molecular weight is 607 g/mol. The van der Waals surface area contributed by atoms with Gasteiger partial charge in [0, 0.05) is 43.8 Å². The van der Waals surface area contributed by atoms with Crippen molar-refractivity contribution in [3.05, 3.63) is 127 Å². The molecule has 3 aromatic carbocycles. The number of ketones is 2. The molecule has 7 nitrogen and oxygen atoms in total. The van der Waals surface area contributed by atoms with Crippen LogP contribution in [0.2, 0.25) is 10.0 Å². The van der Waals surface area contributed by atoms with Gasteiger partial charge in [-0.2, -0.15) is 0 Å². The molecule has 0 saturated heterocycles. The Morgan fingerprint density at radius 3 is 1.40 bits per heavy atom. The van der Waals surface area contributed by atoms with Crippen molar-refractivity contribution >= 4 is 46.7 Å². The minimum Gasteiger partial charge on any atom is -0.461 e. The number of allylic oxidation sites excluding steroid dienone is 2. The van der Waals surface area contributed by atoms with Crippen molar-refractivity contribution in [2.75, 3.05) is 13.2 Å². The van der Waals surface area contributed by atoms with Gasteiger partial charge in [0.05, 0.1) is 13.2 Å². The number of Topliss-reactive ketones (excluding diaryl/α,β-unsaturated/α-hetero) is 2. The van der Waals surface area contributed by atoms with Crippen LogP contribution in [0.5, 0.6) is 0 Å². The summed E-state index contributed by atoms with van der Waals surface area (Å²) in [4.78, 5) is 55.6. The Bertz CT molecular complexity index is 1510. The summed E-state index contributed by atoms with van der Waals surface area (Å²) in [5.74, 6) is -4.30. The number of carbonyl (C=O) groups is 4. The van der Waals surface area contributed by atoms with Gasteiger partial charge in [-0.25, -0.2) is 9.59 Å². The van der Waals surface area contributed by atoms with Crippen LogP contribution >= 0.6 is 23.2 Å². The highest BCUT2D eigenvalue weighted by Crippen LogP contribution is 2.46. The molecule has 9 heteroatoms. The lowest BCUT2D eigenvalue weighted by Gasteiger charge is -2.32. The lowest BCUT2D eigenvalue weighted by Crippen LogP contribution is -2.39. The molecule has 0 aliphatic carbocycles. The fourth-order valence-corrected chi connectivity index (χ4v) is 5.32. The normalized spacial score (nSPS) is 13.5. The molecule has 1 heterocycles. The van der Waals surface area contributed by atoms with Crippen LogP contribution < -0.4 is 5.32 Å². The lowest BCUT2D eigenvalue weighted by atomic mass is 9.74. The van der Waals surface area contributed by atoms with Crippen molar-refractivity contribution < 1.29 is 28.7 Å². The van der Waals surface area contributed by atoms with E-state index in [1.54, 1.807) is 80.6 Å². The molecule has 0 saturated carbocycles. The maximum Gasteiger partial charge on any atom is 0.355 e. The first-order valence-electron chi connectivity index (χ1n) is 13.3. The van der Waals surface area contributed by atoms with Crippen LogP contribution in [-0.4, -0.2) is 36.7 Å². The van der Waals surface area contributed by atoms with Crippen LogP contribution in [0.25, 0.3) is 0 Å². The molecule has 3 aromatic rings. The molecule has 0 fully saturated rings. The molecular formula is C33H29Cl2NO6. The summed E-state index contributed by atoms with van der Waals surface area (Å²) < 4.78 is 10.6. The Morgan fingerprint density at radius 1 is 0.667 bits per heavy atom. The Balaban J connectivity index is 2.12. The third kappa shape index (κ3) is 6.17. The quantitative estimate of drug-likeness (QED) is 0.214. The standard InChI is InChI=1S/C33H29Cl2NO6/c1-5-41-32(39)28-26(30(37)20-14-10-18(3)11-15-20)25(24-22(34)8-7-9-23(24)35)27(29(36-28)33(40)42-6-2)31(38)21-16-12-19(4)13-17-21/h7-17,25,36H,5-6H2,1-4H3. The van der Waals surface area contributed by atoms with Gasteiger partial charge in [0.15, 0.2) is 11.6 Å². The van der Waals surface area contributed by atoms with E-state index in [0.717, 1.165) is 11.1 Å². The van der Waals surface area contributed by atoms with E-state index in [-0.39, 0.29) is 62.5 Å². The number of rotatable bonds is 9. The molecule has 0 radical (unpaired) electrons. The van der Waals surface area contributed by atoms with E-state index in [9.17, 15) is 19.2 Å². The molecule has 0 aromatic heterocycles. The molecule has 1 N–H and O–H groups in total. The molecule has 4 rings (SSSR count). The predicted molar refractivity (Wildman–Crippen MR) is 161 cm³/mol. The van der Waals surface area contributed by atoms with Gasteiger partial charge in [0.2, 0.25) is 0 Å². The van der Waals surface area contributed by atoms with Gasteiger partial charge in [-0.3, -0.25) is 9.59 Å². The van der Waals surface area contributed by atoms with Crippen molar-refractivity contribution in [1.29, 1.82) is 0 Å². The van der Waals surface area contributed by atoms with E-state index in [0.29, 0.717) is 0 Å². The SMILES string of the molecule is CCOC(=O)C1=C(C(=O)c2ccc(C)cc2)C(c2c(Cl)cccc2Cl)C(C(=O)c2ccc(C)cc2)=C(C(=O)OCC)N1. The molecule has 216 valence electrons. The fourth-order valence-electron chi connectivity index (χ4n) is 4.71. The average Bonchev–Trinajstić information content (AvgIpc) is 2.96. The zero-order chi connectivity index (χ0) is 30.6. The van der Waals surface area contributed by atoms with Gasteiger partial charge in [-0.15, -0.1) is 0 Å². The number of aryl methyl sites for hydroxylation is 2. The molecular weight excluding hydrogens is 577 g/mol. The number of dihydropyridines is 1. The number of hydrogen-bond acceptors (Lipinski definition) is 7. The number of carbonyl (C=O) groups excluding carboxylic acids is 4. The maximum atomic E-state index is 14.3. The van der Waals surface area contributed by atoms with E-state index in [4.69, 9.17) is 32.7 Å². The third-order valence-corrected chi connectivity index (χ3v) is 7.39. The van der Waals surface area contributed by atoms with Crippen LogP contribution in [-0.2, 0) is 19.1 Å². The van der Waals surface area contributed by atoms with Crippen LogP contribution in [0.1, 0.15) is 57.2 Å². The van der Waals surface area contributed by atoms with Crippen LogP contribution in [0.4, 0.5) is 0 Å². The summed E-state index contributed by atoms with van der Waals surface area (Å²) in [7, 11) is 0. The minimum absolute atomic E-state index is 0.0128.